The predicted octanol–water partition coefficient (Wildman–Crippen LogP) is 4.14. The molecule has 2 saturated heterocycles. The molecule has 0 bridgehead atoms. The highest BCUT2D eigenvalue weighted by atomic mass is 16.7. The van der Waals surface area contributed by atoms with Crippen LogP contribution in [0.3, 0.4) is 0 Å². The Kier molecular flexibility index (Phi) is 8.30. The average Bonchev–Trinajstić information content (AvgIpc) is 3.55. The molecule has 0 spiro atoms. The quantitative estimate of drug-likeness (QED) is 0.424. The Balaban J connectivity index is 1.24. The lowest BCUT2D eigenvalue weighted by Gasteiger charge is -2.27. The number of likely N-dealkylation sites (tertiary alicyclic amines) is 1. The molecule has 0 saturated carbocycles. The molecule has 194 valence electrons. The highest BCUT2D eigenvalue weighted by molar-refractivity contribution is 5.85. The Bertz CT molecular complexity index is 1110. The first-order chi connectivity index (χ1) is 17.7. The number of fused-ring (bicyclic) bond motifs is 1. The summed E-state index contributed by atoms with van der Waals surface area (Å²) >= 11 is 0. The van der Waals surface area contributed by atoms with Crippen molar-refractivity contribution in [1.82, 2.24) is 24.6 Å². The summed E-state index contributed by atoms with van der Waals surface area (Å²) in [7, 11) is 0. The highest BCUT2D eigenvalue weighted by Gasteiger charge is 2.21. The summed E-state index contributed by atoms with van der Waals surface area (Å²) in [6.45, 7) is 7.26. The lowest BCUT2D eigenvalue weighted by Crippen LogP contribution is -2.31. The number of ether oxygens (including phenoxy) is 3. The van der Waals surface area contributed by atoms with E-state index < -0.39 is 0 Å². The van der Waals surface area contributed by atoms with E-state index in [1.807, 2.05) is 4.68 Å². The first-order valence-electron chi connectivity index (χ1n) is 13.4. The van der Waals surface area contributed by atoms with Gasteiger partial charge in [0.05, 0.1) is 24.2 Å². The fourth-order valence-electron chi connectivity index (χ4n) is 4.97. The summed E-state index contributed by atoms with van der Waals surface area (Å²) in [5, 5.41) is 5.26. The third kappa shape index (κ3) is 6.32. The second-order valence-electron chi connectivity index (χ2n) is 9.88. The van der Waals surface area contributed by atoms with Gasteiger partial charge in [-0.3, -0.25) is 4.90 Å². The number of hydrogen-bond donors (Lipinski definition) is 1. The van der Waals surface area contributed by atoms with Crippen molar-refractivity contribution < 1.29 is 14.2 Å². The molecule has 2 unspecified atom stereocenters. The van der Waals surface area contributed by atoms with Crippen LogP contribution in [0, 0.1) is 0 Å². The molecule has 2 aliphatic rings. The molecule has 4 heterocycles. The van der Waals surface area contributed by atoms with E-state index in [1.165, 1.54) is 31.5 Å². The molecule has 2 aliphatic heterocycles. The van der Waals surface area contributed by atoms with Gasteiger partial charge < -0.3 is 19.9 Å². The fourth-order valence-corrected chi connectivity index (χ4v) is 4.97. The molecular formula is C27H38N6O3. The summed E-state index contributed by atoms with van der Waals surface area (Å²) in [5.41, 5.74) is 9.41. The number of rotatable bonds is 11. The van der Waals surface area contributed by atoms with Crippen molar-refractivity contribution >= 4 is 16.9 Å². The van der Waals surface area contributed by atoms with Crippen molar-refractivity contribution in [2.24, 2.45) is 0 Å². The number of nitrogen functional groups attached to an aromatic ring is 1. The Morgan fingerprint density at radius 3 is 2.56 bits per heavy atom. The molecule has 9 heteroatoms. The van der Waals surface area contributed by atoms with Crippen LogP contribution in [0.5, 0.6) is 6.01 Å². The molecule has 2 aromatic heterocycles. The molecular weight excluding hydrogens is 456 g/mol. The van der Waals surface area contributed by atoms with Gasteiger partial charge in [-0.25, -0.2) is 4.68 Å². The first-order valence-corrected chi connectivity index (χ1v) is 13.4. The molecule has 0 aliphatic carbocycles. The Morgan fingerprint density at radius 1 is 1.06 bits per heavy atom. The first kappa shape index (κ1) is 24.9. The van der Waals surface area contributed by atoms with Crippen molar-refractivity contribution in [2.75, 3.05) is 32.0 Å². The lowest BCUT2D eigenvalue weighted by atomic mass is 10.1. The molecule has 3 aromatic rings. The van der Waals surface area contributed by atoms with E-state index >= 15 is 0 Å². The number of nitrogens with zero attached hydrogens (tertiary/aromatic N) is 5. The molecule has 2 fully saturated rings. The Hall–Kier alpha value is -2.75. The summed E-state index contributed by atoms with van der Waals surface area (Å²) in [4.78, 5) is 11.5. The zero-order valence-corrected chi connectivity index (χ0v) is 21.3. The summed E-state index contributed by atoms with van der Waals surface area (Å²) in [6, 6.07) is 9.00. The molecule has 2 N–H and O–H groups in total. The van der Waals surface area contributed by atoms with Crippen molar-refractivity contribution in [3.63, 3.8) is 0 Å². The molecule has 2 atom stereocenters. The van der Waals surface area contributed by atoms with Crippen LogP contribution in [-0.2, 0) is 22.6 Å². The van der Waals surface area contributed by atoms with Gasteiger partial charge in [0.25, 0.3) is 0 Å². The number of anilines is 1. The predicted molar refractivity (Wildman–Crippen MR) is 139 cm³/mol. The van der Waals surface area contributed by atoms with E-state index in [-0.39, 0.29) is 18.4 Å². The normalized spacial score (nSPS) is 19.6. The van der Waals surface area contributed by atoms with Gasteiger partial charge in [0.1, 0.15) is 12.4 Å². The lowest BCUT2D eigenvalue weighted by molar-refractivity contribution is -0.194. The van der Waals surface area contributed by atoms with Crippen molar-refractivity contribution in [3.05, 3.63) is 41.6 Å². The van der Waals surface area contributed by atoms with Gasteiger partial charge in [-0.1, -0.05) is 37.6 Å². The van der Waals surface area contributed by atoms with Crippen LogP contribution in [0.15, 0.2) is 30.5 Å². The zero-order chi connectivity index (χ0) is 24.7. The van der Waals surface area contributed by atoms with Crippen molar-refractivity contribution in [2.45, 2.75) is 77.4 Å². The van der Waals surface area contributed by atoms with E-state index in [9.17, 15) is 0 Å². The Morgan fingerprint density at radius 2 is 1.83 bits per heavy atom. The van der Waals surface area contributed by atoms with Gasteiger partial charge in [-0.05, 0) is 62.7 Å². The second-order valence-corrected chi connectivity index (χ2v) is 9.88. The smallest absolute Gasteiger partial charge is 0.320 e. The maximum absolute atomic E-state index is 6.24. The van der Waals surface area contributed by atoms with Crippen LogP contribution in [-0.4, -0.2) is 63.3 Å². The van der Waals surface area contributed by atoms with Crippen LogP contribution < -0.4 is 10.5 Å². The van der Waals surface area contributed by atoms with Gasteiger partial charge in [-0.15, -0.1) is 0 Å². The maximum Gasteiger partial charge on any atom is 0.320 e. The number of aromatic nitrogens is 4. The van der Waals surface area contributed by atoms with Crippen LogP contribution in [0.2, 0.25) is 0 Å². The van der Waals surface area contributed by atoms with Gasteiger partial charge in [-0.2, -0.15) is 15.1 Å². The molecule has 9 nitrogen and oxygen atoms in total. The number of benzene rings is 1. The molecule has 36 heavy (non-hydrogen) atoms. The standard InChI is InChI=1S/C27H38N6O3/c1-2-7-22(36-24-8-3-6-15-34-24)19-35-27-30-25(28)23-16-29-33(26(23)31-27)18-21-11-9-20(10-12-21)17-32-13-4-5-14-32/h9-12,16,22,24H,2-8,13-15,17-19H2,1H3,(H2,28,30,31). The summed E-state index contributed by atoms with van der Waals surface area (Å²) < 4.78 is 19.7. The van der Waals surface area contributed by atoms with E-state index in [0.29, 0.717) is 24.6 Å². The third-order valence-electron chi connectivity index (χ3n) is 6.96. The van der Waals surface area contributed by atoms with E-state index in [1.54, 1.807) is 6.20 Å². The topological polar surface area (TPSA) is 101 Å². The van der Waals surface area contributed by atoms with Crippen LogP contribution >= 0.6 is 0 Å². The van der Waals surface area contributed by atoms with Crippen molar-refractivity contribution in [3.8, 4) is 6.01 Å². The van der Waals surface area contributed by atoms with E-state index in [2.05, 4.69) is 51.2 Å². The van der Waals surface area contributed by atoms with Gasteiger partial charge >= 0.3 is 6.01 Å². The van der Waals surface area contributed by atoms with Gasteiger partial charge in [0.2, 0.25) is 0 Å². The fraction of sp³-hybridized carbons (Fsp3) is 0.593. The van der Waals surface area contributed by atoms with Crippen LogP contribution in [0.4, 0.5) is 5.82 Å². The zero-order valence-electron chi connectivity index (χ0n) is 21.3. The number of hydrogen-bond acceptors (Lipinski definition) is 8. The number of nitrogens with two attached hydrogens (primary N) is 1. The van der Waals surface area contributed by atoms with E-state index in [4.69, 9.17) is 19.9 Å². The molecule has 1 aromatic carbocycles. The SMILES string of the molecule is CCCC(COc1nc(N)c2cnn(Cc3ccc(CN4CCCC4)cc3)c2n1)OC1CCCCO1. The van der Waals surface area contributed by atoms with Crippen LogP contribution in [0.1, 0.15) is 63.0 Å². The van der Waals surface area contributed by atoms with Crippen LogP contribution in [0.25, 0.3) is 11.0 Å². The van der Waals surface area contributed by atoms with Gasteiger partial charge in [0.15, 0.2) is 11.9 Å². The summed E-state index contributed by atoms with van der Waals surface area (Å²) in [5.74, 6) is 0.366. The van der Waals surface area contributed by atoms with Crippen molar-refractivity contribution in [1.29, 1.82) is 0 Å². The Labute approximate surface area is 212 Å². The third-order valence-corrected chi connectivity index (χ3v) is 6.96. The minimum Gasteiger partial charge on any atom is -0.461 e. The minimum atomic E-state index is -0.157. The summed E-state index contributed by atoms with van der Waals surface area (Å²) in [6.07, 6.45) is 9.12. The molecule has 0 radical (unpaired) electrons. The highest BCUT2D eigenvalue weighted by Crippen LogP contribution is 2.23. The van der Waals surface area contributed by atoms with E-state index in [0.717, 1.165) is 56.2 Å². The second kappa shape index (κ2) is 12.0. The average molecular weight is 495 g/mol. The minimum absolute atomic E-state index is 0.0809. The maximum atomic E-state index is 6.24. The monoisotopic (exact) mass is 494 g/mol. The largest absolute Gasteiger partial charge is 0.461 e. The molecule has 0 amide bonds. The van der Waals surface area contributed by atoms with Gasteiger partial charge in [0, 0.05) is 13.2 Å². The molecule has 5 rings (SSSR count).